The molecule has 0 radical (unpaired) electrons. The maximum atomic E-state index is 14.0. The number of ether oxygens (including phenoxy) is 1. The third kappa shape index (κ3) is 7.04. The van der Waals surface area contributed by atoms with Crippen molar-refractivity contribution in [3.8, 4) is 0 Å². The molecule has 0 unspecified atom stereocenters. The molecule has 38 heavy (non-hydrogen) atoms. The number of nitrogens with zero attached hydrogens (tertiary/aromatic N) is 2. The van der Waals surface area contributed by atoms with Gasteiger partial charge < -0.3 is 20.3 Å². The number of nitrogens with one attached hydrogen (secondary N) is 2. The fourth-order valence-corrected chi connectivity index (χ4v) is 5.22. The van der Waals surface area contributed by atoms with E-state index in [-0.39, 0.29) is 32.0 Å². The molecule has 1 aromatic carbocycles. The van der Waals surface area contributed by atoms with Crippen molar-refractivity contribution >= 4 is 52.0 Å². The van der Waals surface area contributed by atoms with E-state index in [0.717, 1.165) is 36.3 Å². The van der Waals surface area contributed by atoms with E-state index in [0.29, 0.717) is 28.2 Å². The highest BCUT2D eigenvalue weighted by molar-refractivity contribution is 7.18. The topological polar surface area (TPSA) is 91.0 Å². The summed E-state index contributed by atoms with van der Waals surface area (Å²) in [5.41, 5.74) is -1.41. The maximum absolute atomic E-state index is 14.0. The third-order valence-electron chi connectivity index (χ3n) is 6.46. The largest absolute Gasteiger partial charge is 0.418 e. The van der Waals surface area contributed by atoms with E-state index in [2.05, 4.69) is 10.6 Å². The number of halogens is 4. The zero-order valence-electron chi connectivity index (χ0n) is 20.6. The van der Waals surface area contributed by atoms with Crippen molar-refractivity contribution in [2.75, 3.05) is 49.6 Å². The van der Waals surface area contributed by atoms with E-state index in [1.165, 1.54) is 11.0 Å². The van der Waals surface area contributed by atoms with Crippen LogP contribution in [0.25, 0.3) is 0 Å². The number of anilines is 2. The summed E-state index contributed by atoms with van der Waals surface area (Å²) in [6.45, 7) is 2.97. The summed E-state index contributed by atoms with van der Waals surface area (Å²) in [5.74, 6) is -1.12. The molecular formula is C25H28ClF3N4O4S. The predicted octanol–water partition coefficient (Wildman–Crippen LogP) is 4.25. The van der Waals surface area contributed by atoms with E-state index in [1.54, 1.807) is 12.1 Å². The van der Waals surface area contributed by atoms with E-state index in [9.17, 15) is 27.6 Å². The van der Waals surface area contributed by atoms with Crippen LogP contribution in [0.2, 0.25) is 4.34 Å². The van der Waals surface area contributed by atoms with Crippen molar-refractivity contribution in [2.45, 2.75) is 32.0 Å². The molecule has 13 heteroatoms. The summed E-state index contributed by atoms with van der Waals surface area (Å²) in [6, 6.07) is 5.63. The molecule has 206 valence electrons. The van der Waals surface area contributed by atoms with Crippen LogP contribution >= 0.6 is 22.9 Å². The van der Waals surface area contributed by atoms with Crippen LogP contribution in [-0.4, -0.2) is 68.1 Å². The monoisotopic (exact) mass is 572 g/mol. The minimum atomic E-state index is -4.78. The lowest BCUT2D eigenvalue weighted by Crippen LogP contribution is -2.51. The lowest BCUT2D eigenvalue weighted by molar-refractivity contribution is -0.137. The Bertz CT molecular complexity index is 1190. The van der Waals surface area contributed by atoms with Crippen LogP contribution in [0.3, 0.4) is 0 Å². The molecule has 1 aromatic heterocycles. The molecule has 2 aromatic rings. The molecule has 1 saturated carbocycles. The van der Waals surface area contributed by atoms with Gasteiger partial charge in [0.2, 0.25) is 5.91 Å². The van der Waals surface area contributed by atoms with Crippen molar-refractivity contribution < 1.29 is 32.3 Å². The Hall–Kier alpha value is -2.67. The van der Waals surface area contributed by atoms with Crippen molar-refractivity contribution in [3.63, 3.8) is 0 Å². The van der Waals surface area contributed by atoms with Crippen molar-refractivity contribution in [3.05, 3.63) is 45.1 Å². The Kier molecular flexibility index (Phi) is 8.96. The molecule has 1 atom stereocenters. The second kappa shape index (κ2) is 12.0. The molecule has 0 bridgehead atoms. The quantitative estimate of drug-likeness (QED) is 0.444. The van der Waals surface area contributed by atoms with Gasteiger partial charge in [0.05, 0.1) is 27.1 Å². The first-order chi connectivity index (χ1) is 18.1. The Morgan fingerprint density at radius 3 is 2.63 bits per heavy atom. The second-order valence-electron chi connectivity index (χ2n) is 9.18. The van der Waals surface area contributed by atoms with Crippen LogP contribution in [0.4, 0.5) is 24.5 Å². The number of benzene rings is 1. The van der Waals surface area contributed by atoms with Crippen LogP contribution in [0.5, 0.6) is 0 Å². The average molecular weight is 573 g/mol. The van der Waals surface area contributed by atoms with Gasteiger partial charge in [-0.15, -0.1) is 11.3 Å². The maximum Gasteiger partial charge on any atom is 0.418 e. The normalized spacial score (nSPS) is 17.0. The summed E-state index contributed by atoms with van der Waals surface area (Å²) < 4.78 is 47.6. The zero-order valence-corrected chi connectivity index (χ0v) is 22.2. The number of rotatable bonds is 10. The van der Waals surface area contributed by atoms with Gasteiger partial charge in [0.25, 0.3) is 11.8 Å². The zero-order chi connectivity index (χ0) is 27.4. The predicted molar refractivity (Wildman–Crippen MR) is 139 cm³/mol. The van der Waals surface area contributed by atoms with Gasteiger partial charge in [-0.25, -0.2) is 0 Å². The van der Waals surface area contributed by atoms with Crippen LogP contribution in [0, 0.1) is 5.92 Å². The summed E-state index contributed by atoms with van der Waals surface area (Å²) >= 11 is 7.00. The molecule has 2 heterocycles. The number of thiophene rings is 1. The number of carbonyl (C=O) groups excluding carboxylic acids is 3. The molecule has 2 aliphatic rings. The highest BCUT2D eigenvalue weighted by Gasteiger charge is 2.37. The fourth-order valence-electron chi connectivity index (χ4n) is 4.26. The van der Waals surface area contributed by atoms with Gasteiger partial charge >= 0.3 is 6.18 Å². The van der Waals surface area contributed by atoms with Crippen molar-refractivity contribution in [2.24, 2.45) is 5.92 Å². The van der Waals surface area contributed by atoms with E-state index >= 15 is 0 Å². The number of amides is 3. The summed E-state index contributed by atoms with van der Waals surface area (Å²) in [4.78, 5) is 41.6. The SMILES string of the molecule is CCN(CC1CC1)[C@@H](CNC(=O)c1ccc(Cl)s1)C(=O)Nc1ccc(N2CCOCC2=O)cc1C(F)(F)F. The third-order valence-corrected chi connectivity index (χ3v) is 7.69. The first kappa shape index (κ1) is 28.3. The molecule has 1 saturated heterocycles. The summed E-state index contributed by atoms with van der Waals surface area (Å²) in [7, 11) is 0. The highest BCUT2D eigenvalue weighted by atomic mass is 35.5. The van der Waals surface area contributed by atoms with Crippen molar-refractivity contribution in [1.82, 2.24) is 10.2 Å². The van der Waals surface area contributed by atoms with E-state index < -0.39 is 41.2 Å². The van der Waals surface area contributed by atoms with E-state index in [1.807, 2.05) is 11.8 Å². The smallest absolute Gasteiger partial charge is 0.370 e. The van der Waals surface area contributed by atoms with Gasteiger partial charge in [0.15, 0.2) is 0 Å². The number of carbonyl (C=O) groups is 3. The van der Waals surface area contributed by atoms with Gasteiger partial charge in [-0.3, -0.25) is 19.3 Å². The van der Waals surface area contributed by atoms with Crippen LogP contribution < -0.4 is 15.5 Å². The van der Waals surface area contributed by atoms with Gasteiger partial charge in [-0.1, -0.05) is 18.5 Å². The van der Waals surface area contributed by atoms with Crippen LogP contribution in [0.15, 0.2) is 30.3 Å². The molecule has 3 amide bonds. The molecule has 1 aliphatic heterocycles. The second-order valence-corrected chi connectivity index (χ2v) is 10.9. The van der Waals surface area contributed by atoms with Gasteiger partial charge in [0.1, 0.15) is 12.6 Å². The minimum Gasteiger partial charge on any atom is -0.370 e. The highest BCUT2D eigenvalue weighted by Crippen LogP contribution is 2.38. The number of likely N-dealkylation sites (N-methyl/N-ethyl adjacent to an activating group) is 1. The summed E-state index contributed by atoms with van der Waals surface area (Å²) in [5, 5.41) is 5.16. The molecule has 2 N–H and O–H groups in total. The molecular weight excluding hydrogens is 545 g/mol. The average Bonchev–Trinajstić information content (AvgIpc) is 3.59. The number of morpholine rings is 1. The standard InChI is InChI=1S/C25H28ClF3N4O4S/c1-2-32(13-15-3-4-15)19(12-30-24(36)20-7-8-21(26)38-20)23(35)31-18-6-5-16(11-17(18)25(27,28)29)33-9-10-37-14-22(33)34/h5-8,11,15,19H,2-4,9-10,12-14H2,1H3,(H,30,36)(H,31,35)/t19-/m0/s1. The number of alkyl halides is 3. The lowest BCUT2D eigenvalue weighted by Gasteiger charge is -2.31. The summed E-state index contributed by atoms with van der Waals surface area (Å²) in [6.07, 6.45) is -2.75. The Balaban J connectivity index is 1.56. The van der Waals surface area contributed by atoms with Crippen molar-refractivity contribution in [1.29, 1.82) is 0 Å². The Labute approximate surface area is 227 Å². The van der Waals surface area contributed by atoms with E-state index in [4.69, 9.17) is 16.3 Å². The Morgan fingerprint density at radius 2 is 2.03 bits per heavy atom. The first-order valence-electron chi connectivity index (χ1n) is 12.2. The van der Waals surface area contributed by atoms with Crippen LogP contribution in [0.1, 0.15) is 35.0 Å². The molecule has 4 rings (SSSR count). The minimum absolute atomic E-state index is 0.0750. The molecule has 1 aliphatic carbocycles. The van der Waals surface area contributed by atoms with Gasteiger partial charge in [-0.2, -0.15) is 13.2 Å². The van der Waals surface area contributed by atoms with Gasteiger partial charge in [0, 0.05) is 25.3 Å². The van der Waals surface area contributed by atoms with Crippen LogP contribution in [-0.2, 0) is 20.5 Å². The fraction of sp³-hybridized carbons (Fsp3) is 0.480. The number of hydrogen-bond donors (Lipinski definition) is 2. The lowest BCUT2D eigenvalue weighted by atomic mass is 10.1. The molecule has 8 nitrogen and oxygen atoms in total. The van der Waals surface area contributed by atoms with Gasteiger partial charge in [-0.05, 0) is 55.6 Å². The molecule has 2 fully saturated rings. The first-order valence-corrected chi connectivity index (χ1v) is 13.4. The molecule has 0 spiro atoms. The Morgan fingerprint density at radius 1 is 1.26 bits per heavy atom. The number of hydrogen-bond acceptors (Lipinski definition) is 6.